The maximum Gasteiger partial charge on any atom is 0.284 e. The third kappa shape index (κ3) is 9.37. The topological polar surface area (TPSA) is 86.7 Å². The molecule has 0 spiro atoms. The van der Waals surface area contributed by atoms with Gasteiger partial charge in [-0.2, -0.15) is 16.8 Å². The van der Waals surface area contributed by atoms with Crippen molar-refractivity contribution in [1.82, 2.24) is 0 Å². The summed E-state index contributed by atoms with van der Waals surface area (Å²) in [6, 6.07) is 0. The van der Waals surface area contributed by atoms with E-state index in [0.717, 1.165) is 12.8 Å². The Hall–Kier alpha value is -0.180. The molecule has 8 heteroatoms. The summed E-state index contributed by atoms with van der Waals surface area (Å²) in [5.74, 6) is 0. The van der Waals surface area contributed by atoms with Crippen LogP contribution in [0.1, 0.15) is 53.4 Å². The maximum absolute atomic E-state index is 11.6. The van der Waals surface area contributed by atoms with Gasteiger partial charge >= 0.3 is 0 Å². The molecule has 0 aromatic rings. The van der Waals surface area contributed by atoms with Crippen molar-refractivity contribution in [2.75, 3.05) is 5.08 Å². The molecule has 0 saturated heterocycles. The second kappa shape index (κ2) is 8.18. The van der Waals surface area contributed by atoms with Crippen LogP contribution in [0, 0.1) is 0 Å². The van der Waals surface area contributed by atoms with Crippen molar-refractivity contribution in [2.24, 2.45) is 0 Å². The molecule has 2 unspecified atom stereocenters. The quantitative estimate of drug-likeness (QED) is 0.573. The van der Waals surface area contributed by atoms with Gasteiger partial charge in [-0.15, -0.1) is 0 Å². The van der Waals surface area contributed by atoms with E-state index in [0.29, 0.717) is 12.8 Å². The van der Waals surface area contributed by atoms with E-state index in [1.54, 1.807) is 13.8 Å². The second-order valence-corrected chi connectivity index (χ2v) is 8.18. The Morgan fingerprint density at radius 3 is 1.37 bits per heavy atom. The van der Waals surface area contributed by atoms with Gasteiger partial charge in [-0.25, -0.2) is 0 Å². The van der Waals surface area contributed by atoms with E-state index in [4.69, 9.17) is 8.37 Å². The van der Waals surface area contributed by atoms with Crippen LogP contribution in [0.3, 0.4) is 0 Å². The fourth-order valence-electron chi connectivity index (χ4n) is 1.64. The van der Waals surface area contributed by atoms with Crippen LogP contribution >= 0.6 is 0 Å². The minimum absolute atomic E-state index is 0.529. The molecular formula is C11H24O6S2. The average molecular weight is 316 g/mol. The Morgan fingerprint density at radius 2 is 1.11 bits per heavy atom. The van der Waals surface area contributed by atoms with Crippen molar-refractivity contribution in [2.45, 2.75) is 65.6 Å². The third-order valence-corrected chi connectivity index (χ3v) is 5.85. The Morgan fingerprint density at radius 1 is 0.789 bits per heavy atom. The molecule has 116 valence electrons. The summed E-state index contributed by atoms with van der Waals surface area (Å²) in [6.45, 7) is 6.96. The third-order valence-electron chi connectivity index (χ3n) is 2.30. The molecule has 0 fully saturated rings. The smallest absolute Gasteiger partial charge is 0.266 e. The predicted molar refractivity (Wildman–Crippen MR) is 73.6 cm³/mol. The molecule has 0 radical (unpaired) electrons. The molecule has 0 aromatic carbocycles. The van der Waals surface area contributed by atoms with E-state index >= 15 is 0 Å². The van der Waals surface area contributed by atoms with Gasteiger partial charge in [0.05, 0.1) is 12.2 Å². The maximum atomic E-state index is 11.6. The average Bonchev–Trinajstić information content (AvgIpc) is 2.13. The normalized spacial score (nSPS) is 16.2. The number of rotatable bonds is 10. The van der Waals surface area contributed by atoms with Crippen LogP contribution in [-0.2, 0) is 28.6 Å². The summed E-state index contributed by atoms with van der Waals surface area (Å²) >= 11 is 0. The SMILES string of the molecule is CCCC(C)OS(=O)(=O)CS(=O)(=O)OC(C)CCC. The molecule has 0 aromatic heterocycles. The fourth-order valence-corrected chi connectivity index (χ4v) is 4.69. The van der Waals surface area contributed by atoms with Gasteiger partial charge in [0.2, 0.25) is 5.08 Å². The highest BCUT2D eigenvalue weighted by Crippen LogP contribution is 2.12. The molecule has 0 amide bonds. The first kappa shape index (κ1) is 18.8. The van der Waals surface area contributed by atoms with Crippen LogP contribution in [0.25, 0.3) is 0 Å². The molecule has 0 rings (SSSR count). The molecule has 2 atom stereocenters. The highest BCUT2D eigenvalue weighted by molar-refractivity contribution is 8.03. The van der Waals surface area contributed by atoms with Crippen molar-refractivity contribution in [3.05, 3.63) is 0 Å². The van der Waals surface area contributed by atoms with Crippen molar-refractivity contribution in [1.29, 1.82) is 0 Å². The van der Waals surface area contributed by atoms with Gasteiger partial charge in [-0.3, -0.25) is 8.37 Å². The number of hydrogen-bond donors (Lipinski definition) is 0. The molecule has 0 bridgehead atoms. The lowest BCUT2D eigenvalue weighted by atomic mass is 10.2. The standard InChI is InChI=1S/C11H24O6S2/c1-5-7-10(3)16-18(12,13)9-19(14,15)17-11(4)8-6-2/h10-11H,5-9H2,1-4H3. The van der Waals surface area contributed by atoms with E-state index in [1.165, 1.54) is 0 Å². The Balaban J connectivity index is 4.55. The van der Waals surface area contributed by atoms with Crippen LogP contribution in [0.15, 0.2) is 0 Å². The zero-order valence-electron chi connectivity index (χ0n) is 12.0. The Kier molecular flexibility index (Phi) is 8.11. The van der Waals surface area contributed by atoms with Gasteiger partial charge < -0.3 is 0 Å². The van der Waals surface area contributed by atoms with Crippen LogP contribution in [0.4, 0.5) is 0 Å². The lowest BCUT2D eigenvalue weighted by Crippen LogP contribution is -2.26. The molecule has 19 heavy (non-hydrogen) atoms. The van der Waals surface area contributed by atoms with E-state index in [2.05, 4.69) is 0 Å². The lowest BCUT2D eigenvalue weighted by molar-refractivity contribution is 0.211. The first-order valence-electron chi connectivity index (χ1n) is 6.43. The molecule has 0 saturated carbocycles. The van der Waals surface area contributed by atoms with Crippen LogP contribution in [0.5, 0.6) is 0 Å². The largest absolute Gasteiger partial charge is 0.284 e. The van der Waals surface area contributed by atoms with E-state index < -0.39 is 37.5 Å². The number of hydrogen-bond acceptors (Lipinski definition) is 6. The van der Waals surface area contributed by atoms with Gasteiger partial charge in [0, 0.05) is 0 Å². The van der Waals surface area contributed by atoms with Crippen molar-refractivity contribution in [3.8, 4) is 0 Å². The summed E-state index contributed by atoms with van der Waals surface area (Å²) in [6.07, 6.45) is 1.55. The second-order valence-electron chi connectivity index (χ2n) is 4.62. The first-order chi connectivity index (χ1) is 8.62. The highest BCUT2D eigenvalue weighted by atomic mass is 32.3. The molecular weight excluding hydrogens is 292 g/mol. The van der Waals surface area contributed by atoms with Gasteiger partial charge in [-0.05, 0) is 26.7 Å². The summed E-state index contributed by atoms with van der Waals surface area (Å²) < 4.78 is 55.9. The first-order valence-corrected chi connectivity index (χ1v) is 9.59. The molecule has 0 aliphatic rings. The summed E-state index contributed by atoms with van der Waals surface area (Å²) in [4.78, 5) is 0. The van der Waals surface area contributed by atoms with E-state index in [-0.39, 0.29) is 0 Å². The lowest BCUT2D eigenvalue weighted by Gasteiger charge is -2.14. The molecule has 0 heterocycles. The zero-order valence-corrected chi connectivity index (χ0v) is 13.6. The van der Waals surface area contributed by atoms with Gasteiger partial charge in [0.15, 0.2) is 0 Å². The summed E-state index contributed by atoms with van der Waals surface area (Å²) in [7, 11) is -8.27. The Bertz CT molecular complexity index is 398. The Labute approximate surface area is 116 Å². The van der Waals surface area contributed by atoms with Gasteiger partial charge in [-0.1, -0.05) is 26.7 Å². The van der Waals surface area contributed by atoms with Crippen molar-refractivity contribution >= 4 is 20.2 Å². The van der Waals surface area contributed by atoms with Gasteiger partial charge in [0.1, 0.15) is 0 Å². The minimum Gasteiger partial charge on any atom is -0.266 e. The summed E-state index contributed by atoms with van der Waals surface area (Å²) in [5.41, 5.74) is 0. The van der Waals surface area contributed by atoms with Crippen LogP contribution in [-0.4, -0.2) is 34.1 Å². The van der Waals surface area contributed by atoms with E-state index in [9.17, 15) is 16.8 Å². The fraction of sp³-hybridized carbons (Fsp3) is 1.00. The monoisotopic (exact) mass is 316 g/mol. The molecule has 0 aliphatic heterocycles. The molecule has 6 nitrogen and oxygen atoms in total. The van der Waals surface area contributed by atoms with E-state index in [1.807, 2.05) is 13.8 Å². The predicted octanol–water partition coefficient (Wildman–Crippen LogP) is 2.01. The summed E-state index contributed by atoms with van der Waals surface area (Å²) in [5, 5.41) is -1.14. The van der Waals surface area contributed by atoms with Gasteiger partial charge in [0.25, 0.3) is 20.2 Å². The van der Waals surface area contributed by atoms with Crippen molar-refractivity contribution in [3.63, 3.8) is 0 Å². The van der Waals surface area contributed by atoms with Crippen molar-refractivity contribution < 1.29 is 25.2 Å². The highest BCUT2D eigenvalue weighted by Gasteiger charge is 2.27. The minimum atomic E-state index is -4.13. The molecule has 0 N–H and O–H groups in total. The van der Waals surface area contributed by atoms with Crippen LogP contribution < -0.4 is 0 Å². The van der Waals surface area contributed by atoms with Crippen LogP contribution in [0.2, 0.25) is 0 Å². The zero-order chi connectivity index (χ0) is 15.1. The molecule has 0 aliphatic carbocycles.